The molecule has 6 heteroatoms. The van der Waals surface area contributed by atoms with E-state index >= 15 is 0 Å². The van der Waals surface area contributed by atoms with E-state index in [0.717, 1.165) is 6.42 Å². The van der Waals surface area contributed by atoms with Crippen LogP contribution in [0.5, 0.6) is 0 Å². The fourth-order valence-corrected chi connectivity index (χ4v) is 2.01. The lowest BCUT2D eigenvalue weighted by atomic mass is 10.1. The lowest BCUT2D eigenvalue weighted by molar-refractivity contribution is -0.151. The second-order valence-electron chi connectivity index (χ2n) is 6.48. The Morgan fingerprint density at radius 2 is 1.68 bits per heavy atom. The molecule has 0 saturated carbocycles. The Hall–Kier alpha value is -0.810. The number of rotatable bonds is 11. The summed E-state index contributed by atoms with van der Waals surface area (Å²) in [5.41, 5.74) is 0. The normalized spacial score (nSPS) is 14.0. The summed E-state index contributed by atoms with van der Waals surface area (Å²) in [6.07, 6.45) is 2.07. The van der Waals surface area contributed by atoms with Gasteiger partial charge in [-0.25, -0.2) is 4.84 Å². The first-order valence-electron chi connectivity index (χ1n) is 7.98. The Labute approximate surface area is 139 Å². The SMILES string of the molecule is CC(C)CCC(=O)OC(C)CCOC(=O)[C@H](CC(C)C)NCl. The van der Waals surface area contributed by atoms with Crippen molar-refractivity contribution in [3.8, 4) is 0 Å². The van der Waals surface area contributed by atoms with Crippen LogP contribution in [-0.4, -0.2) is 30.7 Å². The van der Waals surface area contributed by atoms with Crippen molar-refractivity contribution in [3.63, 3.8) is 0 Å². The van der Waals surface area contributed by atoms with Crippen LogP contribution in [0.1, 0.15) is 60.3 Å². The van der Waals surface area contributed by atoms with E-state index in [9.17, 15) is 9.59 Å². The Morgan fingerprint density at radius 3 is 2.18 bits per heavy atom. The lowest BCUT2D eigenvalue weighted by Gasteiger charge is -2.17. The quantitative estimate of drug-likeness (QED) is 0.463. The molecule has 0 fully saturated rings. The smallest absolute Gasteiger partial charge is 0.324 e. The molecule has 0 spiro atoms. The Bertz CT molecular complexity index is 334. The van der Waals surface area contributed by atoms with Gasteiger partial charge in [0.1, 0.15) is 12.1 Å². The highest BCUT2D eigenvalue weighted by molar-refractivity contribution is 6.14. The molecule has 0 heterocycles. The molecule has 130 valence electrons. The van der Waals surface area contributed by atoms with Crippen molar-refractivity contribution in [2.24, 2.45) is 11.8 Å². The predicted molar refractivity (Wildman–Crippen MR) is 87.4 cm³/mol. The lowest BCUT2D eigenvalue weighted by Crippen LogP contribution is -2.34. The van der Waals surface area contributed by atoms with Crippen LogP contribution in [0.2, 0.25) is 0 Å². The van der Waals surface area contributed by atoms with E-state index < -0.39 is 6.04 Å². The molecule has 1 N–H and O–H groups in total. The molecule has 2 atom stereocenters. The molecule has 0 rings (SSSR count). The van der Waals surface area contributed by atoms with Crippen LogP contribution in [0.25, 0.3) is 0 Å². The van der Waals surface area contributed by atoms with Gasteiger partial charge in [-0.15, -0.1) is 0 Å². The third kappa shape index (κ3) is 10.9. The molecular formula is C16H30ClNO4. The average Bonchev–Trinajstić information content (AvgIpc) is 2.42. The van der Waals surface area contributed by atoms with Crippen LogP contribution in [-0.2, 0) is 19.1 Å². The summed E-state index contributed by atoms with van der Waals surface area (Å²) in [4.78, 5) is 25.8. The number of esters is 2. The van der Waals surface area contributed by atoms with Crippen LogP contribution in [0, 0.1) is 11.8 Å². The fourth-order valence-electron chi connectivity index (χ4n) is 1.83. The molecule has 0 aliphatic rings. The molecule has 0 bridgehead atoms. The number of hydrogen-bond acceptors (Lipinski definition) is 5. The third-order valence-corrected chi connectivity index (χ3v) is 3.41. The van der Waals surface area contributed by atoms with Crippen LogP contribution in [0.4, 0.5) is 0 Å². The highest BCUT2D eigenvalue weighted by Gasteiger charge is 2.20. The number of halogens is 1. The van der Waals surface area contributed by atoms with Crippen LogP contribution < -0.4 is 4.84 Å². The molecule has 22 heavy (non-hydrogen) atoms. The molecule has 0 saturated heterocycles. The van der Waals surface area contributed by atoms with Crippen molar-refractivity contribution in [1.82, 2.24) is 4.84 Å². The second kappa shape index (κ2) is 11.7. The minimum absolute atomic E-state index is 0.201. The largest absolute Gasteiger partial charge is 0.464 e. The van der Waals surface area contributed by atoms with E-state index in [2.05, 4.69) is 18.7 Å². The maximum atomic E-state index is 11.8. The molecule has 1 unspecified atom stereocenters. The number of carbonyl (C=O) groups is 2. The maximum Gasteiger partial charge on any atom is 0.324 e. The monoisotopic (exact) mass is 335 g/mol. The summed E-state index contributed by atoms with van der Waals surface area (Å²) in [5, 5.41) is 0. The van der Waals surface area contributed by atoms with Gasteiger partial charge in [0.25, 0.3) is 0 Å². The standard InChI is InChI=1S/C16H30ClNO4/c1-11(2)6-7-15(19)22-13(5)8-9-21-16(20)14(18-17)10-12(3)4/h11-14,18H,6-10H2,1-5H3/t13?,14-/m0/s1. The number of carbonyl (C=O) groups excluding carboxylic acids is 2. The van der Waals surface area contributed by atoms with E-state index in [1.54, 1.807) is 6.92 Å². The molecule has 0 aliphatic carbocycles. The average molecular weight is 336 g/mol. The zero-order valence-electron chi connectivity index (χ0n) is 14.4. The van der Waals surface area contributed by atoms with Crippen molar-refractivity contribution in [2.45, 2.75) is 72.4 Å². The Balaban J connectivity index is 3.93. The third-order valence-electron chi connectivity index (χ3n) is 3.15. The van der Waals surface area contributed by atoms with Gasteiger partial charge in [0, 0.05) is 12.8 Å². The molecule has 0 aliphatic heterocycles. The van der Waals surface area contributed by atoms with Gasteiger partial charge in [0.2, 0.25) is 0 Å². The van der Waals surface area contributed by atoms with Crippen molar-refractivity contribution in [1.29, 1.82) is 0 Å². The van der Waals surface area contributed by atoms with Crippen molar-refractivity contribution < 1.29 is 19.1 Å². The van der Waals surface area contributed by atoms with E-state index in [-0.39, 0.29) is 24.6 Å². The fraction of sp³-hybridized carbons (Fsp3) is 0.875. The van der Waals surface area contributed by atoms with Gasteiger partial charge in [0.05, 0.1) is 6.61 Å². The minimum atomic E-state index is -0.509. The van der Waals surface area contributed by atoms with E-state index in [1.807, 2.05) is 13.8 Å². The topological polar surface area (TPSA) is 64.6 Å². The molecule has 0 aromatic carbocycles. The predicted octanol–water partition coefficient (Wildman–Crippen LogP) is 3.45. The first-order valence-corrected chi connectivity index (χ1v) is 8.36. The first kappa shape index (κ1) is 21.2. The zero-order chi connectivity index (χ0) is 17.1. The van der Waals surface area contributed by atoms with Gasteiger partial charge < -0.3 is 9.47 Å². The molecule has 0 radical (unpaired) electrons. The first-order chi connectivity index (χ1) is 10.3. The number of nitrogens with one attached hydrogen (secondary N) is 1. The Morgan fingerprint density at radius 1 is 1.05 bits per heavy atom. The summed E-state index contributed by atoms with van der Waals surface area (Å²) in [6.45, 7) is 10.2. The summed E-state index contributed by atoms with van der Waals surface area (Å²) in [5.74, 6) is 0.240. The van der Waals surface area contributed by atoms with Crippen LogP contribution >= 0.6 is 11.8 Å². The van der Waals surface area contributed by atoms with Crippen LogP contribution in [0.15, 0.2) is 0 Å². The summed E-state index contributed by atoms with van der Waals surface area (Å²) in [7, 11) is 0. The highest BCUT2D eigenvalue weighted by Crippen LogP contribution is 2.09. The summed E-state index contributed by atoms with van der Waals surface area (Å²) in [6, 6.07) is -0.509. The second-order valence-corrected chi connectivity index (χ2v) is 6.70. The summed E-state index contributed by atoms with van der Waals surface area (Å²) < 4.78 is 10.4. The van der Waals surface area contributed by atoms with Gasteiger partial charge in [-0.1, -0.05) is 27.7 Å². The summed E-state index contributed by atoms with van der Waals surface area (Å²) >= 11 is 5.56. The zero-order valence-corrected chi connectivity index (χ0v) is 15.1. The highest BCUT2D eigenvalue weighted by atomic mass is 35.5. The van der Waals surface area contributed by atoms with Gasteiger partial charge in [-0.3, -0.25) is 9.59 Å². The minimum Gasteiger partial charge on any atom is -0.464 e. The van der Waals surface area contributed by atoms with E-state index in [4.69, 9.17) is 21.3 Å². The number of ether oxygens (including phenoxy) is 2. The van der Waals surface area contributed by atoms with Crippen molar-refractivity contribution in [3.05, 3.63) is 0 Å². The van der Waals surface area contributed by atoms with E-state index in [1.165, 1.54) is 0 Å². The van der Waals surface area contributed by atoms with Crippen molar-refractivity contribution >= 4 is 23.7 Å². The van der Waals surface area contributed by atoms with E-state index in [0.29, 0.717) is 31.1 Å². The molecule has 5 nitrogen and oxygen atoms in total. The van der Waals surface area contributed by atoms with Gasteiger partial charge in [0.15, 0.2) is 0 Å². The molecule has 0 aromatic rings. The van der Waals surface area contributed by atoms with Crippen LogP contribution in [0.3, 0.4) is 0 Å². The molecule has 0 amide bonds. The number of hydrogen-bond donors (Lipinski definition) is 1. The maximum absolute atomic E-state index is 11.8. The molecule has 0 aromatic heterocycles. The Kier molecular flexibility index (Phi) is 11.3. The van der Waals surface area contributed by atoms with Crippen molar-refractivity contribution in [2.75, 3.05) is 6.61 Å². The van der Waals surface area contributed by atoms with Gasteiger partial charge in [-0.05, 0) is 43.4 Å². The van der Waals surface area contributed by atoms with Gasteiger partial charge in [-0.2, -0.15) is 0 Å². The molecular weight excluding hydrogens is 306 g/mol. The van der Waals surface area contributed by atoms with Gasteiger partial charge >= 0.3 is 11.9 Å².